The number of amides is 1. The molecular weight excluding hydrogens is 398 g/mol. The predicted molar refractivity (Wildman–Crippen MR) is 133 cm³/mol. The molecule has 2 atom stereocenters. The van der Waals surface area contributed by atoms with Gasteiger partial charge in [-0.3, -0.25) is 9.48 Å². The van der Waals surface area contributed by atoms with Crippen LogP contribution < -0.4 is 5.32 Å². The van der Waals surface area contributed by atoms with E-state index < -0.39 is 8.07 Å². The molecule has 2 aromatic rings. The van der Waals surface area contributed by atoms with E-state index in [0.717, 1.165) is 36.6 Å². The lowest BCUT2D eigenvalue weighted by Gasteiger charge is -2.38. The molecule has 2 unspecified atom stereocenters. The highest BCUT2D eigenvalue weighted by atomic mass is 28.3. The monoisotopic (exact) mass is 437 g/mol. The summed E-state index contributed by atoms with van der Waals surface area (Å²) in [6.45, 7) is 14.2. The van der Waals surface area contributed by atoms with E-state index in [-0.39, 0.29) is 11.9 Å². The van der Waals surface area contributed by atoms with E-state index in [2.05, 4.69) is 63.4 Å². The number of hydrogen-bond acceptors (Lipinski definition) is 2. The number of rotatable bonds is 5. The van der Waals surface area contributed by atoms with Crippen LogP contribution in [-0.2, 0) is 7.05 Å². The number of nitrogens with one attached hydrogen (secondary N) is 1. The minimum Gasteiger partial charge on any atom is -0.348 e. The second-order valence-electron chi connectivity index (χ2n) is 10.2. The van der Waals surface area contributed by atoms with Gasteiger partial charge in [-0.25, -0.2) is 0 Å². The Morgan fingerprint density at radius 1 is 1.10 bits per heavy atom. The van der Waals surface area contributed by atoms with Crippen molar-refractivity contribution in [2.45, 2.75) is 89.9 Å². The average molecular weight is 438 g/mol. The lowest BCUT2D eigenvalue weighted by molar-refractivity contribution is 0.0919. The van der Waals surface area contributed by atoms with Crippen LogP contribution in [0.4, 0.5) is 0 Å². The number of hydrogen-bond donors (Lipinski definition) is 1. The van der Waals surface area contributed by atoms with Gasteiger partial charge in [-0.2, -0.15) is 5.10 Å². The first-order valence-electron chi connectivity index (χ1n) is 11.9. The van der Waals surface area contributed by atoms with Crippen molar-refractivity contribution < 1.29 is 4.79 Å². The molecule has 1 aliphatic rings. The second kappa shape index (κ2) is 9.61. The smallest absolute Gasteiger partial charge is 0.272 e. The fraction of sp³-hybridized carbons (Fsp3) is 0.615. The summed E-state index contributed by atoms with van der Waals surface area (Å²) in [5.41, 5.74) is 7.35. The van der Waals surface area contributed by atoms with Gasteiger partial charge in [-0.05, 0) is 42.0 Å². The van der Waals surface area contributed by atoms with E-state index in [1.54, 1.807) is 4.68 Å². The van der Waals surface area contributed by atoms with E-state index in [1.165, 1.54) is 0 Å². The number of nitrogens with zero attached hydrogens (tertiary/aromatic N) is 2. The summed E-state index contributed by atoms with van der Waals surface area (Å²) in [6, 6.07) is 8.08. The molecule has 0 bridgehead atoms. The maximum atomic E-state index is 13.0. The van der Waals surface area contributed by atoms with Crippen LogP contribution in [0.5, 0.6) is 0 Å². The lowest BCUT2D eigenvalue weighted by atomic mass is 9.86. The molecule has 1 fully saturated rings. The SMILES string of the molecule is CC(C)[Si](C#CC1CCCC(NC(=O)c2nn(C)c3ccccc23)C1)(C(C)C)C(C)C. The third kappa shape index (κ3) is 4.74. The zero-order chi connectivity index (χ0) is 22.8. The van der Waals surface area contributed by atoms with Gasteiger partial charge in [0.05, 0.1) is 5.52 Å². The van der Waals surface area contributed by atoms with Crippen LogP contribution in [0.25, 0.3) is 10.9 Å². The topological polar surface area (TPSA) is 46.9 Å². The first kappa shape index (κ1) is 23.6. The fourth-order valence-corrected chi connectivity index (χ4v) is 11.1. The highest BCUT2D eigenvalue weighted by molar-refractivity contribution is 6.90. The van der Waals surface area contributed by atoms with Gasteiger partial charge in [0.15, 0.2) is 5.69 Å². The van der Waals surface area contributed by atoms with Crippen LogP contribution in [0, 0.1) is 17.4 Å². The molecular formula is C26H39N3OSi. The third-order valence-electron chi connectivity index (χ3n) is 7.34. The van der Waals surface area contributed by atoms with Gasteiger partial charge in [-0.15, -0.1) is 11.5 Å². The Bertz CT molecular complexity index is 958. The van der Waals surface area contributed by atoms with Crippen molar-refractivity contribution in [2.24, 2.45) is 13.0 Å². The predicted octanol–water partition coefficient (Wildman–Crippen LogP) is 6.08. The summed E-state index contributed by atoms with van der Waals surface area (Å²) in [6.07, 6.45) is 4.23. The summed E-state index contributed by atoms with van der Waals surface area (Å²) in [7, 11) is 0.181. The lowest BCUT2D eigenvalue weighted by Crippen LogP contribution is -2.43. The highest BCUT2D eigenvalue weighted by Crippen LogP contribution is 2.41. The van der Waals surface area contributed by atoms with Crippen LogP contribution >= 0.6 is 0 Å². The summed E-state index contributed by atoms with van der Waals surface area (Å²) in [5.74, 6) is 4.04. The molecule has 1 saturated carbocycles. The van der Waals surface area contributed by atoms with Crippen LogP contribution in [-0.4, -0.2) is 29.8 Å². The van der Waals surface area contributed by atoms with Crippen LogP contribution in [0.15, 0.2) is 24.3 Å². The Hall–Kier alpha value is -2.06. The van der Waals surface area contributed by atoms with Crippen molar-refractivity contribution >= 4 is 24.9 Å². The number of carbonyl (C=O) groups is 1. The van der Waals surface area contributed by atoms with Crippen LogP contribution in [0.3, 0.4) is 0 Å². The molecule has 1 heterocycles. The van der Waals surface area contributed by atoms with Gasteiger partial charge in [-0.1, -0.05) is 66.2 Å². The van der Waals surface area contributed by atoms with Gasteiger partial charge in [0.25, 0.3) is 5.91 Å². The molecule has 4 nitrogen and oxygen atoms in total. The minimum absolute atomic E-state index is 0.0642. The van der Waals surface area contributed by atoms with Crippen LogP contribution in [0.1, 0.15) is 77.7 Å². The van der Waals surface area contributed by atoms with Gasteiger partial charge in [0.1, 0.15) is 8.07 Å². The Balaban J connectivity index is 1.74. The molecule has 0 radical (unpaired) electrons. The summed E-state index contributed by atoms with van der Waals surface area (Å²) >= 11 is 0. The fourth-order valence-electron chi connectivity index (χ4n) is 5.75. The Labute approximate surface area is 189 Å². The Morgan fingerprint density at radius 3 is 2.39 bits per heavy atom. The molecule has 0 spiro atoms. The van der Waals surface area contributed by atoms with Crippen molar-refractivity contribution in [1.82, 2.24) is 15.1 Å². The summed E-state index contributed by atoms with van der Waals surface area (Å²) < 4.78 is 1.79. The van der Waals surface area contributed by atoms with Gasteiger partial charge < -0.3 is 5.32 Å². The van der Waals surface area contributed by atoms with E-state index in [0.29, 0.717) is 28.2 Å². The molecule has 1 amide bonds. The zero-order valence-electron chi connectivity index (χ0n) is 20.3. The normalized spacial score (nSPS) is 19.7. The van der Waals surface area contributed by atoms with Gasteiger partial charge in [0, 0.05) is 24.4 Å². The molecule has 1 N–H and O–H groups in total. The van der Waals surface area contributed by atoms with E-state index in [1.807, 2.05) is 31.3 Å². The van der Waals surface area contributed by atoms with Gasteiger partial charge in [0.2, 0.25) is 0 Å². The largest absolute Gasteiger partial charge is 0.348 e. The van der Waals surface area contributed by atoms with Crippen molar-refractivity contribution in [3.63, 3.8) is 0 Å². The van der Waals surface area contributed by atoms with Crippen molar-refractivity contribution in [3.05, 3.63) is 30.0 Å². The molecule has 0 aliphatic heterocycles. The number of benzene rings is 1. The van der Waals surface area contributed by atoms with E-state index >= 15 is 0 Å². The first-order valence-corrected chi connectivity index (χ1v) is 14.1. The quantitative estimate of drug-likeness (QED) is 0.455. The standard InChI is InChI=1S/C26H39N3OSi/c1-18(2)31(19(3)4,20(5)6)16-15-21-11-10-12-22(17-21)27-26(30)25-23-13-8-9-14-24(23)29(7)28-25/h8-9,13-14,18-22H,10-12,17H2,1-7H3,(H,27,30). The Morgan fingerprint density at radius 2 is 1.74 bits per heavy atom. The van der Waals surface area contributed by atoms with E-state index in [9.17, 15) is 4.79 Å². The summed E-state index contributed by atoms with van der Waals surface area (Å²) in [5, 5.41) is 8.66. The molecule has 1 aromatic carbocycles. The molecule has 168 valence electrons. The first-order chi connectivity index (χ1) is 14.7. The molecule has 1 aromatic heterocycles. The molecule has 31 heavy (non-hydrogen) atoms. The second-order valence-corrected chi connectivity index (χ2v) is 15.8. The average Bonchev–Trinajstić information content (AvgIpc) is 3.05. The number of aryl methyl sites for hydroxylation is 1. The van der Waals surface area contributed by atoms with Crippen molar-refractivity contribution in [3.8, 4) is 11.5 Å². The number of fused-ring (bicyclic) bond motifs is 1. The number of para-hydroxylation sites is 1. The Kier molecular flexibility index (Phi) is 7.31. The maximum Gasteiger partial charge on any atom is 0.272 e. The molecule has 5 heteroatoms. The zero-order valence-corrected chi connectivity index (χ0v) is 21.3. The van der Waals surface area contributed by atoms with Gasteiger partial charge >= 0.3 is 0 Å². The number of carbonyl (C=O) groups excluding carboxylic acids is 1. The highest BCUT2D eigenvalue weighted by Gasteiger charge is 2.41. The summed E-state index contributed by atoms with van der Waals surface area (Å²) in [4.78, 5) is 13.0. The van der Waals surface area contributed by atoms with Crippen molar-refractivity contribution in [2.75, 3.05) is 0 Å². The minimum atomic E-state index is -1.71. The molecule has 3 rings (SSSR count). The third-order valence-corrected chi connectivity index (χ3v) is 13.7. The van der Waals surface area contributed by atoms with Crippen LogP contribution in [0.2, 0.25) is 16.6 Å². The molecule has 0 saturated heterocycles. The number of aromatic nitrogens is 2. The van der Waals surface area contributed by atoms with E-state index in [4.69, 9.17) is 0 Å². The molecule has 1 aliphatic carbocycles. The maximum absolute atomic E-state index is 13.0. The van der Waals surface area contributed by atoms with Crippen molar-refractivity contribution in [1.29, 1.82) is 0 Å².